The molecule has 0 fully saturated rings. The van der Waals surface area contributed by atoms with Crippen LogP contribution in [0.15, 0.2) is 29.6 Å². The number of nitrogens with one attached hydrogen (secondary N) is 1. The lowest BCUT2D eigenvalue weighted by atomic mass is 9.90. The van der Waals surface area contributed by atoms with E-state index in [9.17, 15) is 9.90 Å². The predicted molar refractivity (Wildman–Crippen MR) is 74.1 cm³/mol. The summed E-state index contributed by atoms with van der Waals surface area (Å²) >= 11 is 1.62. The SMILES string of the molecule is COc1ccc([C@H]2CC(=O)Nc3ccsc32)cc1O. The minimum absolute atomic E-state index is 0.000515. The van der Waals surface area contributed by atoms with Gasteiger partial charge in [-0.15, -0.1) is 11.3 Å². The summed E-state index contributed by atoms with van der Waals surface area (Å²) in [6, 6.07) is 7.20. The fraction of sp³-hybridized carbons (Fsp3) is 0.214. The minimum atomic E-state index is 0.000515. The van der Waals surface area contributed by atoms with E-state index in [0.717, 1.165) is 16.1 Å². The van der Waals surface area contributed by atoms with Gasteiger partial charge in [-0.3, -0.25) is 4.79 Å². The summed E-state index contributed by atoms with van der Waals surface area (Å²) in [5.74, 6) is 0.547. The maximum atomic E-state index is 11.7. The number of amides is 1. The Balaban J connectivity index is 2.03. The number of benzene rings is 1. The van der Waals surface area contributed by atoms with Gasteiger partial charge in [-0.05, 0) is 29.1 Å². The van der Waals surface area contributed by atoms with Crippen molar-refractivity contribution in [2.75, 3.05) is 12.4 Å². The average molecular weight is 275 g/mol. The lowest BCUT2D eigenvalue weighted by Gasteiger charge is -2.23. The number of carbonyl (C=O) groups is 1. The number of hydrogen-bond donors (Lipinski definition) is 2. The summed E-state index contributed by atoms with van der Waals surface area (Å²) in [7, 11) is 1.51. The first-order chi connectivity index (χ1) is 9.19. The quantitative estimate of drug-likeness (QED) is 0.886. The van der Waals surface area contributed by atoms with E-state index in [1.807, 2.05) is 17.5 Å². The van der Waals surface area contributed by atoms with Gasteiger partial charge in [-0.1, -0.05) is 6.07 Å². The van der Waals surface area contributed by atoms with E-state index >= 15 is 0 Å². The van der Waals surface area contributed by atoms with Crippen LogP contribution in [0.1, 0.15) is 22.8 Å². The number of anilines is 1. The summed E-state index contributed by atoms with van der Waals surface area (Å²) < 4.78 is 5.04. The minimum Gasteiger partial charge on any atom is -0.504 e. The zero-order chi connectivity index (χ0) is 13.4. The first-order valence-corrected chi connectivity index (χ1v) is 6.81. The molecule has 98 valence electrons. The van der Waals surface area contributed by atoms with Crippen LogP contribution in [0.2, 0.25) is 0 Å². The second kappa shape index (κ2) is 4.59. The standard InChI is InChI=1S/C14H13NO3S/c1-18-12-3-2-8(6-11(12)16)9-7-13(17)15-10-4-5-19-14(9)10/h2-6,9,16H,7H2,1H3,(H,15,17)/t9-/m1/s1. The maximum Gasteiger partial charge on any atom is 0.225 e. The summed E-state index contributed by atoms with van der Waals surface area (Å²) in [4.78, 5) is 12.9. The number of methoxy groups -OCH3 is 1. The molecule has 1 aliphatic rings. The van der Waals surface area contributed by atoms with Crippen LogP contribution in [0.3, 0.4) is 0 Å². The monoisotopic (exact) mass is 275 g/mol. The Labute approximate surface area is 114 Å². The Morgan fingerprint density at radius 2 is 2.26 bits per heavy atom. The van der Waals surface area contributed by atoms with Gasteiger partial charge in [-0.25, -0.2) is 0 Å². The molecule has 19 heavy (non-hydrogen) atoms. The van der Waals surface area contributed by atoms with Crippen LogP contribution in [0.25, 0.3) is 0 Å². The molecule has 0 unspecified atom stereocenters. The van der Waals surface area contributed by atoms with Gasteiger partial charge in [0.1, 0.15) is 0 Å². The summed E-state index contributed by atoms with van der Waals surface area (Å²) in [5, 5.41) is 14.7. The van der Waals surface area contributed by atoms with Crippen molar-refractivity contribution in [1.82, 2.24) is 0 Å². The van der Waals surface area contributed by atoms with Gasteiger partial charge in [0, 0.05) is 17.2 Å². The van der Waals surface area contributed by atoms with Gasteiger partial charge in [0.05, 0.1) is 12.8 Å². The second-order valence-corrected chi connectivity index (χ2v) is 5.38. The van der Waals surface area contributed by atoms with Crippen molar-refractivity contribution in [3.63, 3.8) is 0 Å². The molecule has 2 heterocycles. The highest BCUT2D eigenvalue weighted by molar-refractivity contribution is 7.10. The number of ether oxygens (including phenoxy) is 1. The van der Waals surface area contributed by atoms with Gasteiger partial charge >= 0.3 is 0 Å². The normalized spacial score (nSPS) is 17.7. The Kier molecular flexibility index (Phi) is 2.91. The number of phenolic OH excluding ortho intramolecular Hbond substituents is 1. The van der Waals surface area contributed by atoms with E-state index in [-0.39, 0.29) is 17.6 Å². The first kappa shape index (κ1) is 12.0. The second-order valence-electron chi connectivity index (χ2n) is 4.43. The number of carbonyl (C=O) groups excluding carboxylic acids is 1. The van der Waals surface area contributed by atoms with Gasteiger partial charge in [0.15, 0.2) is 11.5 Å². The smallest absolute Gasteiger partial charge is 0.225 e. The molecular weight excluding hydrogens is 262 g/mol. The predicted octanol–water partition coefficient (Wildman–Crippen LogP) is 2.94. The van der Waals surface area contributed by atoms with E-state index < -0.39 is 0 Å². The molecule has 5 heteroatoms. The van der Waals surface area contributed by atoms with Crippen molar-refractivity contribution in [1.29, 1.82) is 0 Å². The van der Waals surface area contributed by atoms with Crippen molar-refractivity contribution in [2.45, 2.75) is 12.3 Å². The van der Waals surface area contributed by atoms with Gasteiger partial charge in [-0.2, -0.15) is 0 Å². The Hall–Kier alpha value is -2.01. The van der Waals surface area contributed by atoms with Gasteiger partial charge in [0.2, 0.25) is 5.91 Å². The number of rotatable bonds is 2. The highest BCUT2D eigenvalue weighted by Gasteiger charge is 2.28. The zero-order valence-corrected chi connectivity index (χ0v) is 11.2. The third-order valence-electron chi connectivity index (χ3n) is 3.28. The molecule has 0 bridgehead atoms. The van der Waals surface area contributed by atoms with Crippen molar-refractivity contribution < 1.29 is 14.6 Å². The first-order valence-electron chi connectivity index (χ1n) is 5.93. The van der Waals surface area contributed by atoms with Crippen LogP contribution in [0.4, 0.5) is 5.69 Å². The summed E-state index contributed by atoms with van der Waals surface area (Å²) in [5.41, 5.74) is 1.80. The summed E-state index contributed by atoms with van der Waals surface area (Å²) in [6.45, 7) is 0. The van der Waals surface area contributed by atoms with Crippen molar-refractivity contribution in [2.24, 2.45) is 0 Å². The molecule has 0 aliphatic carbocycles. The van der Waals surface area contributed by atoms with E-state index in [1.165, 1.54) is 7.11 Å². The van der Waals surface area contributed by atoms with E-state index in [0.29, 0.717) is 12.2 Å². The molecule has 0 spiro atoms. The maximum absolute atomic E-state index is 11.7. The number of thiophene rings is 1. The van der Waals surface area contributed by atoms with Crippen molar-refractivity contribution >= 4 is 22.9 Å². The molecule has 4 nitrogen and oxygen atoms in total. The number of fused-ring (bicyclic) bond motifs is 1. The zero-order valence-electron chi connectivity index (χ0n) is 10.3. The van der Waals surface area contributed by atoms with Crippen LogP contribution >= 0.6 is 11.3 Å². The summed E-state index contributed by atoms with van der Waals surface area (Å²) in [6.07, 6.45) is 0.402. The molecule has 0 saturated carbocycles. The lowest BCUT2D eigenvalue weighted by molar-refractivity contribution is -0.116. The molecule has 0 saturated heterocycles. The molecule has 1 atom stereocenters. The van der Waals surface area contributed by atoms with Crippen LogP contribution in [-0.4, -0.2) is 18.1 Å². The topological polar surface area (TPSA) is 58.6 Å². The molecule has 1 aliphatic heterocycles. The van der Waals surface area contributed by atoms with Gasteiger partial charge < -0.3 is 15.2 Å². The third kappa shape index (κ3) is 2.06. The van der Waals surface area contributed by atoms with Crippen LogP contribution < -0.4 is 10.1 Å². The Morgan fingerprint density at radius 3 is 3.00 bits per heavy atom. The number of phenols is 1. The fourth-order valence-corrected chi connectivity index (χ4v) is 3.35. The van der Waals surface area contributed by atoms with E-state index in [4.69, 9.17) is 4.74 Å². The highest BCUT2D eigenvalue weighted by atomic mass is 32.1. The van der Waals surface area contributed by atoms with Crippen molar-refractivity contribution in [3.05, 3.63) is 40.1 Å². The molecular formula is C14H13NO3S. The highest BCUT2D eigenvalue weighted by Crippen LogP contribution is 2.42. The van der Waals surface area contributed by atoms with E-state index in [1.54, 1.807) is 23.5 Å². The largest absolute Gasteiger partial charge is 0.504 e. The van der Waals surface area contributed by atoms with Crippen LogP contribution in [0.5, 0.6) is 11.5 Å². The Bertz CT molecular complexity index is 635. The Morgan fingerprint density at radius 1 is 1.42 bits per heavy atom. The van der Waals surface area contributed by atoms with Gasteiger partial charge in [0.25, 0.3) is 0 Å². The molecule has 2 aromatic rings. The molecule has 0 radical (unpaired) electrons. The molecule has 1 aromatic heterocycles. The van der Waals surface area contributed by atoms with Crippen LogP contribution in [-0.2, 0) is 4.79 Å². The fourth-order valence-electron chi connectivity index (χ4n) is 2.37. The molecule has 3 rings (SSSR count). The number of hydrogen-bond acceptors (Lipinski definition) is 4. The molecule has 1 aromatic carbocycles. The lowest BCUT2D eigenvalue weighted by Crippen LogP contribution is -2.21. The number of aromatic hydroxyl groups is 1. The molecule has 1 amide bonds. The van der Waals surface area contributed by atoms with Crippen molar-refractivity contribution in [3.8, 4) is 11.5 Å². The molecule has 2 N–H and O–H groups in total. The third-order valence-corrected chi connectivity index (χ3v) is 4.31. The van der Waals surface area contributed by atoms with E-state index in [2.05, 4.69) is 5.32 Å². The van der Waals surface area contributed by atoms with Crippen LogP contribution in [0, 0.1) is 0 Å². The average Bonchev–Trinajstić information content (AvgIpc) is 2.85.